The van der Waals surface area contributed by atoms with Gasteiger partial charge in [0.05, 0.1) is 11.1 Å². The van der Waals surface area contributed by atoms with E-state index in [1.54, 1.807) is 41.6 Å². The van der Waals surface area contributed by atoms with Crippen molar-refractivity contribution in [1.82, 2.24) is 14.8 Å². The van der Waals surface area contributed by atoms with Crippen LogP contribution in [0.3, 0.4) is 0 Å². The molecule has 2 aromatic carbocycles. The Labute approximate surface area is 191 Å². The van der Waals surface area contributed by atoms with Gasteiger partial charge in [-0.1, -0.05) is 42.8 Å². The summed E-state index contributed by atoms with van der Waals surface area (Å²) < 4.78 is 1.27. The van der Waals surface area contributed by atoms with Crippen LogP contribution in [0.1, 0.15) is 24.6 Å². The average molecular weight is 447 g/mol. The Morgan fingerprint density at radius 3 is 2.50 bits per heavy atom. The van der Waals surface area contributed by atoms with Crippen molar-refractivity contribution in [2.45, 2.75) is 26.3 Å². The van der Waals surface area contributed by atoms with Crippen molar-refractivity contribution >= 4 is 34.0 Å². The van der Waals surface area contributed by atoms with Crippen LogP contribution in [0.2, 0.25) is 5.02 Å². The first-order valence-electron chi connectivity index (χ1n) is 10.5. The van der Waals surface area contributed by atoms with E-state index in [1.165, 1.54) is 4.68 Å². The van der Waals surface area contributed by atoms with Gasteiger partial charge in [0.2, 0.25) is 5.91 Å². The lowest BCUT2D eigenvalue weighted by molar-refractivity contribution is -0.119. The van der Waals surface area contributed by atoms with E-state index in [4.69, 9.17) is 11.6 Å². The Kier molecular flexibility index (Phi) is 6.61. The van der Waals surface area contributed by atoms with Gasteiger partial charge in [0, 0.05) is 41.5 Å². The number of amides is 1. The second-order valence-corrected chi connectivity index (χ2v) is 7.95. The monoisotopic (exact) mass is 446 g/mol. The maximum atomic E-state index is 13.2. The Morgan fingerprint density at radius 1 is 1.03 bits per heavy atom. The standard InChI is InChI=1S/C25H23ClN4O2/c1-2-14-29(20-7-5-6-19(26)16-20)24(31)17-30-25(32)22-9-4-3-8-21(22)23(28-30)15-18-10-12-27-13-11-18/h3-13,16H,2,14-15,17H2,1H3. The molecule has 7 heteroatoms. The quantitative estimate of drug-likeness (QED) is 0.419. The van der Waals surface area contributed by atoms with Crippen LogP contribution in [0.15, 0.2) is 77.9 Å². The fourth-order valence-corrected chi connectivity index (χ4v) is 3.90. The Hall–Kier alpha value is -3.51. The molecule has 0 bridgehead atoms. The molecule has 4 aromatic rings. The molecule has 6 nitrogen and oxygen atoms in total. The highest BCUT2D eigenvalue weighted by atomic mass is 35.5. The molecule has 32 heavy (non-hydrogen) atoms. The zero-order valence-corrected chi connectivity index (χ0v) is 18.5. The fourth-order valence-electron chi connectivity index (χ4n) is 3.72. The van der Waals surface area contributed by atoms with Crippen molar-refractivity contribution in [3.8, 4) is 0 Å². The van der Waals surface area contributed by atoms with Crippen LogP contribution in [-0.2, 0) is 17.8 Å². The molecule has 0 aliphatic rings. The topological polar surface area (TPSA) is 68.1 Å². The predicted molar refractivity (Wildman–Crippen MR) is 127 cm³/mol. The molecule has 162 valence electrons. The van der Waals surface area contributed by atoms with Gasteiger partial charge < -0.3 is 4.90 Å². The number of benzene rings is 2. The van der Waals surface area contributed by atoms with E-state index in [9.17, 15) is 9.59 Å². The van der Waals surface area contributed by atoms with Gasteiger partial charge in [-0.15, -0.1) is 0 Å². The van der Waals surface area contributed by atoms with Gasteiger partial charge in [0.25, 0.3) is 5.56 Å². The summed E-state index contributed by atoms with van der Waals surface area (Å²) in [6, 6.07) is 18.4. The van der Waals surface area contributed by atoms with Crippen molar-refractivity contribution in [3.05, 3.63) is 99.7 Å². The largest absolute Gasteiger partial charge is 0.311 e. The molecular weight excluding hydrogens is 424 g/mol. The highest BCUT2D eigenvalue weighted by Gasteiger charge is 2.19. The molecule has 0 saturated heterocycles. The number of hydrogen-bond donors (Lipinski definition) is 0. The van der Waals surface area contributed by atoms with E-state index in [2.05, 4.69) is 10.1 Å². The lowest BCUT2D eigenvalue weighted by atomic mass is 10.1. The Bertz CT molecular complexity index is 1300. The van der Waals surface area contributed by atoms with Crippen LogP contribution in [0, 0.1) is 0 Å². The third-order valence-electron chi connectivity index (χ3n) is 5.22. The first kappa shape index (κ1) is 21.7. The summed E-state index contributed by atoms with van der Waals surface area (Å²) in [7, 11) is 0. The van der Waals surface area contributed by atoms with E-state index in [0.29, 0.717) is 29.1 Å². The van der Waals surface area contributed by atoms with Crippen LogP contribution < -0.4 is 10.5 Å². The molecule has 0 fully saturated rings. The van der Waals surface area contributed by atoms with Gasteiger partial charge in [-0.2, -0.15) is 5.10 Å². The first-order valence-corrected chi connectivity index (χ1v) is 10.9. The number of fused-ring (bicyclic) bond motifs is 1. The van der Waals surface area contributed by atoms with E-state index in [0.717, 1.165) is 23.1 Å². The number of pyridine rings is 1. The molecule has 0 radical (unpaired) electrons. The van der Waals surface area contributed by atoms with Crippen LogP contribution in [-0.4, -0.2) is 27.2 Å². The highest BCUT2D eigenvalue weighted by Crippen LogP contribution is 2.21. The van der Waals surface area contributed by atoms with Crippen LogP contribution in [0.5, 0.6) is 0 Å². The number of anilines is 1. The Balaban J connectivity index is 1.72. The maximum absolute atomic E-state index is 13.2. The van der Waals surface area contributed by atoms with E-state index < -0.39 is 0 Å². The lowest BCUT2D eigenvalue weighted by Crippen LogP contribution is -2.38. The zero-order valence-electron chi connectivity index (χ0n) is 17.7. The van der Waals surface area contributed by atoms with Gasteiger partial charge in [-0.3, -0.25) is 14.6 Å². The normalized spacial score (nSPS) is 10.9. The second-order valence-electron chi connectivity index (χ2n) is 7.51. The van der Waals surface area contributed by atoms with Gasteiger partial charge in [0.1, 0.15) is 6.54 Å². The summed E-state index contributed by atoms with van der Waals surface area (Å²) in [5.41, 5.74) is 2.19. The highest BCUT2D eigenvalue weighted by molar-refractivity contribution is 6.30. The predicted octanol–water partition coefficient (Wildman–Crippen LogP) is 4.48. The summed E-state index contributed by atoms with van der Waals surface area (Å²) in [5.74, 6) is -0.214. The van der Waals surface area contributed by atoms with Crippen molar-refractivity contribution in [2.24, 2.45) is 0 Å². The van der Waals surface area contributed by atoms with E-state index >= 15 is 0 Å². The average Bonchev–Trinajstić information content (AvgIpc) is 2.81. The van der Waals surface area contributed by atoms with Crippen LogP contribution >= 0.6 is 11.6 Å². The van der Waals surface area contributed by atoms with Crippen molar-refractivity contribution in [3.63, 3.8) is 0 Å². The maximum Gasteiger partial charge on any atom is 0.275 e. The SMILES string of the molecule is CCCN(C(=O)Cn1nc(Cc2ccncc2)c2ccccc2c1=O)c1cccc(Cl)c1. The minimum atomic E-state index is -0.282. The molecule has 0 aliphatic carbocycles. The molecule has 1 amide bonds. The molecular formula is C25H23ClN4O2. The second kappa shape index (κ2) is 9.75. The fraction of sp³-hybridized carbons (Fsp3) is 0.200. The summed E-state index contributed by atoms with van der Waals surface area (Å²) in [5, 5.41) is 6.49. The number of halogens is 1. The summed E-state index contributed by atoms with van der Waals surface area (Å²) in [6.07, 6.45) is 4.76. The molecule has 0 N–H and O–H groups in total. The lowest BCUT2D eigenvalue weighted by Gasteiger charge is -2.23. The van der Waals surface area contributed by atoms with Crippen molar-refractivity contribution in [1.29, 1.82) is 0 Å². The van der Waals surface area contributed by atoms with Gasteiger partial charge in [-0.25, -0.2) is 4.68 Å². The van der Waals surface area contributed by atoms with Crippen LogP contribution in [0.25, 0.3) is 10.8 Å². The Morgan fingerprint density at radius 2 is 1.78 bits per heavy atom. The molecule has 0 atom stereocenters. The minimum absolute atomic E-state index is 0.153. The number of carbonyl (C=O) groups is 1. The number of hydrogen-bond acceptors (Lipinski definition) is 4. The van der Waals surface area contributed by atoms with Crippen LogP contribution in [0.4, 0.5) is 5.69 Å². The zero-order chi connectivity index (χ0) is 22.5. The molecule has 0 spiro atoms. The van der Waals surface area contributed by atoms with Gasteiger partial charge in [0.15, 0.2) is 0 Å². The molecule has 0 saturated carbocycles. The number of nitrogens with zero attached hydrogens (tertiary/aromatic N) is 4. The van der Waals surface area contributed by atoms with E-state index in [1.807, 2.05) is 43.3 Å². The number of carbonyl (C=O) groups excluding carboxylic acids is 1. The summed E-state index contributed by atoms with van der Waals surface area (Å²) in [6.45, 7) is 2.36. The molecule has 2 aromatic heterocycles. The number of rotatable bonds is 7. The third-order valence-corrected chi connectivity index (χ3v) is 5.45. The van der Waals surface area contributed by atoms with Gasteiger partial charge >= 0.3 is 0 Å². The third kappa shape index (κ3) is 4.70. The van der Waals surface area contributed by atoms with E-state index in [-0.39, 0.29) is 18.0 Å². The number of aromatic nitrogens is 3. The van der Waals surface area contributed by atoms with Crippen molar-refractivity contribution in [2.75, 3.05) is 11.4 Å². The smallest absolute Gasteiger partial charge is 0.275 e. The minimum Gasteiger partial charge on any atom is -0.311 e. The molecule has 0 unspecified atom stereocenters. The molecule has 2 heterocycles. The summed E-state index contributed by atoms with van der Waals surface area (Å²) in [4.78, 5) is 32.1. The molecule has 4 rings (SSSR count). The molecule has 0 aliphatic heterocycles. The first-order chi connectivity index (χ1) is 15.6. The van der Waals surface area contributed by atoms with Crippen molar-refractivity contribution < 1.29 is 4.79 Å². The van der Waals surface area contributed by atoms with Gasteiger partial charge in [-0.05, 0) is 48.4 Å². The summed E-state index contributed by atoms with van der Waals surface area (Å²) >= 11 is 6.13.